The number of nitrogens with one attached hydrogen (secondary N) is 1. The van der Waals surface area contributed by atoms with Crippen molar-refractivity contribution >= 4 is 17.3 Å². The van der Waals surface area contributed by atoms with Crippen LogP contribution in [0.4, 0.5) is 0 Å². The highest BCUT2D eigenvalue weighted by Gasteiger charge is 2.41. The van der Waals surface area contributed by atoms with Gasteiger partial charge in [0, 0.05) is 46.3 Å². The molecule has 1 aromatic heterocycles. The molecule has 1 unspecified atom stereocenters. The molecule has 0 amide bonds. The van der Waals surface area contributed by atoms with Crippen molar-refractivity contribution in [3.05, 3.63) is 16.1 Å². The molecule has 2 rings (SSSR count). The number of rotatable bonds is 10. The number of thiazole rings is 1. The first-order chi connectivity index (χ1) is 12.0. The number of methoxy groups -OCH3 is 2. The Labute approximate surface area is 155 Å². The Morgan fingerprint density at radius 1 is 1.48 bits per heavy atom. The van der Waals surface area contributed by atoms with E-state index in [1.165, 1.54) is 12.8 Å². The average Bonchev–Trinajstić information content (AvgIpc) is 3.24. The summed E-state index contributed by atoms with van der Waals surface area (Å²) >= 11 is 1.65. The first-order valence-electron chi connectivity index (χ1n) is 8.99. The van der Waals surface area contributed by atoms with Crippen LogP contribution in [-0.2, 0) is 16.0 Å². The molecule has 1 saturated carbocycles. The topological polar surface area (TPSA) is 59.0 Å². The van der Waals surface area contributed by atoms with Gasteiger partial charge in [-0.2, -0.15) is 0 Å². The molecule has 7 heteroatoms. The zero-order chi connectivity index (χ0) is 18.3. The summed E-state index contributed by atoms with van der Waals surface area (Å²) in [7, 11) is 5.55. The molecule has 0 aromatic carbocycles. The minimum atomic E-state index is 0.0430. The predicted octanol–water partition coefficient (Wildman–Crippen LogP) is 3.06. The highest BCUT2D eigenvalue weighted by atomic mass is 32.1. The largest absolute Gasteiger partial charge is 0.385 e. The summed E-state index contributed by atoms with van der Waals surface area (Å²) in [6.07, 6.45) is 3.66. The lowest BCUT2D eigenvalue weighted by atomic mass is 10.0. The molecule has 0 spiro atoms. The number of aromatic nitrogens is 1. The Morgan fingerprint density at radius 3 is 2.84 bits per heavy atom. The molecule has 0 radical (unpaired) electrons. The van der Waals surface area contributed by atoms with Crippen molar-refractivity contribution in [1.82, 2.24) is 15.2 Å². The van der Waals surface area contributed by atoms with Gasteiger partial charge in [0.2, 0.25) is 0 Å². The van der Waals surface area contributed by atoms with E-state index in [4.69, 9.17) is 14.5 Å². The van der Waals surface area contributed by atoms with Crippen molar-refractivity contribution in [3.8, 4) is 0 Å². The quantitative estimate of drug-likeness (QED) is 0.508. The highest BCUT2D eigenvalue weighted by Crippen LogP contribution is 2.49. The average molecular weight is 369 g/mol. The van der Waals surface area contributed by atoms with Gasteiger partial charge in [0.25, 0.3) is 0 Å². The second kappa shape index (κ2) is 9.50. The van der Waals surface area contributed by atoms with Gasteiger partial charge in [-0.1, -0.05) is 0 Å². The minimum absolute atomic E-state index is 0.0430. The summed E-state index contributed by atoms with van der Waals surface area (Å²) in [5.41, 5.74) is 1.41. The van der Waals surface area contributed by atoms with Gasteiger partial charge in [0.15, 0.2) is 5.96 Å². The van der Waals surface area contributed by atoms with E-state index in [0.29, 0.717) is 5.41 Å². The van der Waals surface area contributed by atoms with E-state index in [1.54, 1.807) is 25.6 Å². The maximum absolute atomic E-state index is 5.34. The fraction of sp³-hybridized carbons (Fsp3) is 0.778. The number of ether oxygens (including phenoxy) is 2. The molecule has 1 aromatic rings. The fourth-order valence-electron chi connectivity index (χ4n) is 2.70. The molecule has 1 fully saturated rings. The van der Waals surface area contributed by atoms with Gasteiger partial charge in [-0.05, 0) is 38.5 Å². The van der Waals surface area contributed by atoms with Gasteiger partial charge in [-0.25, -0.2) is 4.98 Å². The Balaban J connectivity index is 1.96. The van der Waals surface area contributed by atoms with E-state index in [1.807, 2.05) is 6.92 Å². The molecular weight excluding hydrogens is 336 g/mol. The van der Waals surface area contributed by atoms with E-state index >= 15 is 0 Å². The molecule has 142 valence electrons. The van der Waals surface area contributed by atoms with Crippen LogP contribution in [0.2, 0.25) is 0 Å². The van der Waals surface area contributed by atoms with Crippen LogP contribution in [0.5, 0.6) is 0 Å². The fourth-order valence-corrected chi connectivity index (χ4v) is 3.54. The van der Waals surface area contributed by atoms with Gasteiger partial charge in [-0.15, -0.1) is 11.3 Å². The second-order valence-electron chi connectivity index (χ2n) is 6.82. The van der Waals surface area contributed by atoms with Crippen LogP contribution in [0.3, 0.4) is 0 Å². The van der Waals surface area contributed by atoms with E-state index < -0.39 is 0 Å². The van der Waals surface area contributed by atoms with Gasteiger partial charge in [0.1, 0.15) is 11.1 Å². The lowest BCUT2D eigenvalue weighted by Gasteiger charge is -2.22. The van der Waals surface area contributed by atoms with Gasteiger partial charge in [0.05, 0.1) is 12.2 Å². The molecule has 6 nitrogen and oxygen atoms in total. The van der Waals surface area contributed by atoms with Crippen molar-refractivity contribution < 1.29 is 9.47 Å². The Bertz CT molecular complexity index is 557. The monoisotopic (exact) mass is 368 g/mol. The Kier molecular flexibility index (Phi) is 7.65. The Morgan fingerprint density at radius 2 is 2.24 bits per heavy atom. The maximum Gasteiger partial charge on any atom is 0.194 e. The number of guanidine groups is 1. The molecule has 1 heterocycles. The SMILES string of the molecule is CCNC(=NCC1(CCOC)CC1)N(C)Cc1csc(C(C)OC)n1. The Hall–Kier alpha value is -1.18. The third kappa shape index (κ3) is 5.94. The number of hydrogen-bond acceptors (Lipinski definition) is 5. The molecule has 25 heavy (non-hydrogen) atoms. The molecule has 0 aliphatic heterocycles. The molecular formula is C18H32N4O2S. The van der Waals surface area contributed by atoms with Crippen LogP contribution >= 0.6 is 11.3 Å². The molecule has 1 aliphatic carbocycles. The minimum Gasteiger partial charge on any atom is -0.385 e. The van der Waals surface area contributed by atoms with Crippen molar-refractivity contribution in [3.63, 3.8) is 0 Å². The van der Waals surface area contributed by atoms with Crippen molar-refractivity contribution in [2.75, 3.05) is 41.0 Å². The van der Waals surface area contributed by atoms with E-state index in [9.17, 15) is 0 Å². The van der Waals surface area contributed by atoms with Crippen LogP contribution < -0.4 is 5.32 Å². The second-order valence-corrected chi connectivity index (χ2v) is 7.71. The first kappa shape index (κ1) is 20.1. The maximum atomic E-state index is 5.34. The summed E-state index contributed by atoms with van der Waals surface area (Å²) in [4.78, 5) is 11.7. The summed E-state index contributed by atoms with van der Waals surface area (Å²) in [6, 6.07) is 0. The van der Waals surface area contributed by atoms with Crippen molar-refractivity contribution in [2.45, 2.75) is 45.8 Å². The summed E-state index contributed by atoms with van der Waals surface area (Å²) in [6.45, 7) is 7.41. The van der Waals surface area contributed by atoms with Crippen molar-refractivity contribution in [2.24, 2.45) is 10.4 Å². The number of nitrogens with zero attached hydrogens (tertiary/aromatic N) is 3. The van der Waals surface area contributed by atoms with E-state index in [2.05, 4.69) is 34.6 Å². The van der Waals surface area contributed by atoms with Crippen LogP contribution in [0, 0.1) is 5.41 Å². The van der Waals surface area contributed by atoms with Gasteiger partial charge in [-0.3, -0.25) is 4.99 Å². The number of hydrogen-bond donors (Lipinski definition) is 1. The molecule has 1 atom stereocenters. The van der Waals surface area contributed by atoms with Crippen molar-refractivity contribution in [1.29, 1.82) is 0 Å². The highest BCUT2D eigenvalue weighted by molar-refractivity contribution is 7.09. The first-order valence-corrected chi connectivity index (χ1v) is 9.87. The molecule has 1 N–H and O–H groups in total. The standard InChI is InChI=1S/C18H32N4O2S/c1-6-19-17(20-13-18(7-8-18)9-10-23-4)22(3)11-15-12-25-16(21-15)14(2)24-5/h12,14H,6-11,13H2,1-5H3,(H,19,20). The zero-order valence-electron chi connectivity index (χ0n) is 16.2. The third-order valence-electron chi connectivity index (χ3n) is 4.72. The lowest BCUT2D eigenvalue weighted by molar-refractivity contribution is 0.119. The van der Waals surface area contributed by atoms with Gasteiger partial charge < -0.3 is 19.7 Å². The number of aliphatic imine (C=N–C) groups is 1. The van der Waals surface area contributed by atoms with Crippen LogP contribution in [0.25, 0.3) is 0 Å². The third-order valence-corrected chi connectivity index (χ3v) is 5.78. The smallest absolute Gasteiger partial charge is 0.194 e. The van der Waals surface area contributed by atoms with Gasteiger partial charge >= 0.3 is 0 Å². The molecule has 0 saturated heterocycles. The van der Waals surface area contributed by atoms with Crippen LogP contribution in [0.15, 0.2) is 10.4 Å². The van der Waals surface area contributed by atoms with E-state index in [-0.39, 0.29) is 6.10 Å². The predicted molar refractivity (Wildman–Crippen MR) is 103 cm³/mol. The molecule has 1 aliphatic rings. The normalized spacial score (nSPS) is 17.4. The van der Waals surface area contributed by atoms with Crippen LogP contribution in [-0.4, -0.2) is 56.8 Å². The van der Waals surface area contributed by atoms with Crippen LogP contribution in [0.1, 0.15) is 49.9 Å². The lowest BCUT2D eigenvalue weighted by Crippen LogP contribution is -2.39. The molecule has 0 bridgehead atoms. The summed E-state index contributed by atoms with van der Waals surface area (Å²) in [5.74, 6) is 0.945. The zero-order valence-corrected chi connectivity index (χ0v) is 17.0. The van der Waals surface area contributed by atoms with E-state index in [0.717, 1.165) is 49.3 Å². The summed E-state index contributed by atoms with van der Waals surface area (Å²) in [5, 5.41) is 6.52. The summed E-state index contributed by atoms with van der Waals surface area (Å²) < 4.78 is 10.6.